The van der Waals surface area contributed by atoms with Crippen molar-refractivity contribution in [2.45, 2.75) is 74.7 Å². The summed E-state index contributed by atoms with van der Waals surface area (Å²) in [4.78, 5) is 2.46. The van der Waals surface area contributed by atoms with Crippen molar-refractivity contribution in [1.29, 1.82) is 0 Å². The van der Waals surface area contributed by atoms with E-state index < -0.39 is 0 Å². The predicted molar refractivity (Wildman–Crippen MR) is 133 cm³/mol. The Morgan fingerprint density at radius 2 is 1.20 bits per heavy atom. The van der Waals surface area contributed by atoms with Crippen LogP contribution in [-0.4, -0.2) is 0 Å². The van der Waals surface area contributed by atoms with Crippen LogP contribution in [0.4, 0.5) is 17.1 Å². The number of benzene rings is 3. The maximum Gasteiger partial charge on any atom is 0.0522 e. The number of aryl methyl sites for hydroxylation is 3. The minimum atomic E-state index is 0.128. The highest BCUT2D eigenvalue weighted by Crippen LogP contribution is 2.44. The molecule has 0 N–H and O–H groups in total. The number of hydrogen-bond donors (Lipinski definition) is 0. The lowest BCUT2D eigenvalue weighted by molar-refractivity contribution is 0.585. The van der Waals surface area contributed by atoms with Gasteiger partial charge in [0.15, 0.2) is 0 Å². The molecule has 0 aliphatic heterocycles. The van der Waals surface area contributed by atoms with Gasteiger partial charge in [-0.05, 0) is 111 Å². The van der Waals surface area contributed by atoms with Gasteiger partial charge in [-0.15, -0.1) is 0 Å². The molecule has 0 aliphatic rings. The van der Waals surface area contributed by atoms with Crippen LogP contribution in [-0.2, 0) is 5.41 Å². The van der Waals surface area contributed by atoms with Crippen LogP contribution in [0.15, 0.2) is 42.5 Å². The maximum absolute atomic E-state index is 2.46. The van der Waals surface area contributed by atoms with E-state index in [0.29, 0.717) is 0 Å². The molecule has 3 aromatic carbocycles. The summed E-state index contributed by atoms with van der Waals surface area (Å²) in [5.74, 6) is 0. The summed E-state index contributed by atoms with van der Waals surface area (Å²) in [6.07, 6.45) is 0. The quantitative estimate of drug-likeness (QED) is 0.426. The van der Waals surface area contributed by atoms with E-state index in [1.54, 1.807) is 0 Å². The first kappa shape index (κ1) is 22.2. The molecule has 0 saturated carbocycles. The van der Waals surface area contributed by atoms with E-state index >= 15 is 0 Å². The van der Waals surface area contributed by atoms with Gasteiger partial charge in [0.05, 0.1) is 5.69 Å². The Hall–Kier alpha value is -2.54. The van der Waals surface area contributed by atoms with Crippen molar-refractivity contribution in [2.75, 3.05) is 4.90 Å². The first-order valence-corrected chi connectivity index (χ1v) is 11.0. The van der Waals surface area contributed by atoms with Crippen LogP contribution in [0, 0.1) is 48.5 Å². The third-order valence-corrected chi connectivity index (χ3v) is 6.65. The van der Waals surface area contributed by atoms with Crippen LogP contribution in [0.25, 0.3) is 0 Å². The lowest BCUT2D eigenvalue weighted by Crippen LogP contribution is -2.19. The van der Waals surface area contributed by atoms with Crippen molar-refractivity contribution in [3.63, 3.8) is 0 Å². The number of rotatable bonds is 3. The van der Waals surface area contributed by atoms with Gasteiger partial charge in [0.2, 0.25) is 0 Å². The molecule has 0 atom stereocenters. The van der Waals surface area contributed by atoms with Crippen molar-refractivity contribution in [2.24, 2.45) is 0 Å². The first-order valence-electron chi connectivity index (χ1n) is 11.0. The van der Waals surface area contributed by atoms with Gasteiger partial charge in [-0.25, -0.2) is 0 Å². The summed E-state index contributed by atoms with van der Waals surface area (Å²) >= 11 is 0. The van der Waals surface area contributed by atoms with E-state index in [-0.39, 0.29) is 5.41 Å². The van der Waals surface area contributed by atoms with Crippen LogP contribution in [0.5, 0.6) is 0 Å². The van der Waals surface area contributed by atoms with Crippen molar-refractivity contribution >= 4 is 17.1 Å². The molecule has 0 aromatic heterocycles. The molecule has 0 saturated heterocycles. The molecule has 1 nitrogen and oxygen atoms in total. The van der Waals surface area contributed by atoms with Gasteiger partial charge in [0, 0.05) is 11.4 Å². The monoisotopic (exact) mass is 399 g/mol. The first-order chi connectivity index (χ1) is 13.9. The Labute approximate surface area is 183 Å². The highest BCUT2D eigenvalue weighted by molar-refractivity contribution is 5.83. The molecule has 0 amide bonds. The molecule has 0 spiro atoms. The van der Waals surface area contributed by atoms with E-state index in [9.17, 15) is 0 Å². The molecule has 158 valence electrons. The Kier molecular flexibility index (Phi) is 5.87. The average Bonchev–Trinajstić information content (AvgIpc) is 2.67. The lowest BCUT2D eigenvalue weighted by Gasteiger charge is -2.33. The standard InChI is InChI=1S/C29H37N/c1-18-11-14-25(15-12-18)30(27-16-13-19(2)21(4)23(27)6)28-20(3)17-26(29(8,9)10)22(5)24(28)7/h11-17H,1-10H3. The molecule has 0 radical (unpaired) electrons. The van der Waals surface area contributed by atoms with Crippen LogP contribution < -0.4 is 4.90 Å². The minimum absolute atomic E-state index is 0.128. The van der Waals surface area contributed by atoms with Gasteiger partial charge < -0.3 is 4.90 Å². The largest absolute Gasteiger partial charge is 0.310 e. The fourth-order valence-corrected chi connectivity index (χ4v) is 4.46. The molecule has 30 heavy (non-hydrogen) atoms. The van der Waals surface area contributed by atoms with Crippen LogP contribution in [0.1, 0.15) is 65.3 Å². The van der Waals surface area contributed by atoms with E-state index in [1.165, 1.54) is 61.6 Å². The Balaban J connectivity index is 2.36. The second-order valence-corrected chi connectivity index (χ2v) is 9.91. The summed E-state index contributed by atoms with van der Waals surface area (Å²) in [5.41, 5.74) is 14.7. The molecule has 1 heteroatoms. The number of anilines is 3. The van der Waals surface area contributed by atoms with E-state index in [0.717, 1.165) is 0 Å². The fourth-order valence-electron chi connectivity index (χ4n) is 4.46. The molecule has 0 unspecified atom stereocenters. The van der Waals surface area contributed by atoms with Crippen LogP contribution in [0.2, 0.25) is 0 Å². The minimum Gasteiger partial charge on any atom is -0.310 e. The zero-order valence-electron chi connectivity index (χ0n) is 20.5. The molecule has 3 rings (SSSR count). The highest BCUT2D eigenvalue weighted by Gasteiger charge is 2.25. The summed E-state index contributed by atoms with van der Waals surface area (Å²) in [7, 11) is 0. The van der Waals surface area contributed by atoms with Crippen LogP contribution >= 0.6 is 0 Å². The lowest BCUT2D eigenvalue weighted by atomic mass is 9.81. The predicted octanol–water partition coefficient (Wildman–Crippen LogP) is 8.61. The molecule has 0 fully saturated rings. The van der Waals surface area contributed by atoms with Crippen molar-refractivity contribution in [1.82, 2.24) is 0 Å². The van der Waals surface area contributed by atoms with Crippen LogP contribution in [0.3, 0.4) is 0 Å². The van der Waals surface area contributed by atoms with Gasteiger partial charge in [0.1, 0.15) is 0 Å². The second kappa shape index (κ2) is 7.95. The molecule has 0 aliphatic carbocycles. The molecular formula is C29H37N. The van der Waals surface area contributed by atoms with Crippen molar-refractivity contribution in [3.8, 4) is 0 Å². The molecule has 3 aromatic rings. The van der Waals surface area contributed by atoms with E-state index in [4.69, 9.17) is 0 Å². The Morgan fingerprint density at radius 1 is 0.600 bits per heavy atom. The normalized spacial score (nSPS) is 11.7. The summed E-state index contributed by atoms with van der Waals surface area (Å²) < 4.78 is 0. The second-order valence-electron chi connectivity index (χ2n) is 9.91. The maximum atomic E-state index is 2.46. The number of nitrogens with zero attached hydrogens (tertiary/aromatic N) is 1. The zero-order valence-corrected chi connectivity index (χ0v) is 20.5. The summed E-state index contributed by atoms with van der Waals surface area (Å²) in [6, 6.07) is 15.8. The van der Waals surface area contributed by atoms with Crippen molar-refractivity contribution in [3.05, 3.63) is 87.0 Å². The topological polar surface area (TPSA) is 3.24 Å². The Morgan fingerprint density at radius 3 is 1.77 bits per heavy atom. The van der Waals surface area contributed by atoms with Gasteiger partial charge in [0.25, 0.3) is 0 Å². The fraction of sp³-hybridized carbons (Fsp3) is 0.379. The Bertz CT molecular complexity index is 1080. The summed E-state index contributed by atoms with van der Waals surface area (Å²) in [5, 5.41) is 0. The van der Waals surface area contributed by atoms with E-state index in [2.05, 4.69) is 117 Å². The average molecular weight is 400 g/mol. The zero-order chi connectivity index (χ0) is 22.4. The summed E-state index contributed by atoms with van der Waals surface area (Å²) in [6.45, 7) is 22.6. The SMILES string of the molecule is Cc1ccc(N(c2ccc(C)c(C)c2C)c2c(C)cc(C(C)(C)C)c(C)c2C)cc1. The molecule has 0 bridgehead atoms. The molecule has 0 heterocycles. The van der Waals surface area contributed by atoms with Gasteiger partial charge >= 0.3 is 0 Å². The van der Waals surface area contributed by atoms with Gasteiger partial charge in [-0.3, -0.25) is 0 Å². The smallest absolute Gasteiger partial charge is 0.0522 e. The molecular weight excluding hydrogens is 362 g/mol. The number of hydrogen-bond acceptors (Lipinski definition) is 1. The van der Waals surface area contributed by atoms with Crippen molar-refractivity contribution < 1.29 is 0 Å². The highest BCUT2D eigenvalue weighted by atomic mass is 15.1. The van der Waals surface area contributed by atoms with E-state index in [1.807, 2.05) is 0 Å². The third kappa shape index (κ3) is 3.90. The van der Waals surface area contributed by atoms with Gasteiger partial charge in [-0.1, -0.05) is 50.6 Å². The third-order valence-electron chi connectivity index (χ3n) is 6.65. The van der Waals surface area contributed by atoms with Gasteiger partial charge in [-0.2, -0.15) is 0 Å².